The van der Waals surface area contributed by atoms with Gasteiger partial charge in [-0.05, 0) is 36.4 Å². The monoisotopic (exact) mass is 395 g/mol. The molecule has 1 aromatic carbocycles. The summed E-state index contributed by atoms with van der Waals surface area (Å²) >= 11 is 6.07. The van der Waals surface area contributed by atoms with E-state index in [-0.39, 0.29) is 0 Å². The molecule has 140 valence electrons. The van der Waals surface area contributed by atoms with Crippen LogP contribution >= 0.6 is 11.6 Å². The number of H-pyrrole nitrogens is 1. The van der Waals surface area contributed by atoms with Gasteiger partial charge in [0.05, 0.1) is 23.6 Å². The molecule has 4 aromatic rings. The highest BCUT2D eigenvalue weighted by atomic mass is 35.5. The molecule has 4 heterocycles. The van der Waals surface area contributed by atoms with Gasteiger partial charge in [-0.25, -0.2) is 14.4 Å². The summed E-state index contributed by atoms with van der Waals surface area (Å²) in [4.78, 5) is 11.9. The molecule has 5 rings (SSSR count). The van der Waals surface area contributed by atoms with Gasteiger partial charge in [0.15, 0.2) is 11.6 Å². The van der Waals surface area contributed by atoms with Gasteiger partial charge >= 0.3 is 0 Å². The number of nitrogens with one attached hydrogen (secondary N) is 3. The average Bonchev–Trinajstić information content (AvgIpc) is 3.19. The van der Waals surface area contributed by atoms with E-state index in [1.165, 1.54) is 12.1 Å². The minimum absolute atomic E-state index is 0.326. The van der Waals surface area contributed by atoms with Crippen molar-refractivity contribution in [1.29, 1.82) is 0 Å². The van der Waals surface area contributed by atoms with Crippen LogP contribution in [0.3, 0.4) is 0 Å². The molecule has 1 aliphatic rings. The Morgan fingerprint density at radius 1 is 1.14 bits per heavy atom. The molecule has 28 heavy (non-hydrogen) atoms. The van der Waals surface area contributed by atoms with Crippen LogP contribution in [0.2, 0.25) is 5.02 Å². The number of fused-ring (bicyclic) bond motifs is 2. The van der Waals surface area contributed by atoms with Crippen molar-refractivity contribution in [1.82, 2.24) is 15.0 Å². The fourth-order valence-electron chi connectivity index (χ4n) is 3.26. The zero-order chi connectivity index (χ0) is 19.1. The van der Waals surface area contributed by atoms with Crippen LogP contribution in [0, 0.1) is 5.82 Å². The summed E-state index contributed by atoms with van der Waals surface area (Å²) in [6.45, 7) is 1.14. The molecular weight excluding hydrogens is 381 g/mol. The highest BCUT2D eigenvalue weighted by Gasteiger charge is 2.20. The molecule has 0 bridgehead atoms. The predicted octanol–water partition coefficient (Wildman–Crippen LogP) is 4.97. The van der Waals surface area contributed by atoms with Crippen molar-refractivity contribution in [3.63, 3.8) is 0 Å². The van der Waals surface area contributed by atoms with Gasteiger partial charge in [-0.15, -0.1) is 0 Å². The van der Waals surface area contributed by atoms with E-state index in [2.05, 4.69) is 25.6 Å². The van der Waals surface area contributed by atoms with E-state index in [1.807, 2.05) is 18.3 Å². The highest BCUT2D eigenvalue weighted by Crippen LogP contribution is 2.40. The molecule has 8 heteroatoms. The van der Waals surface area contributed by atoms with Crippen LogP contribution in [0.5, 0.6) is 5.75 Å². The first-order valence-electron chi connectivity index (χ1n) is 8.75. The lowest BCUT2D eigenvalue weighted by Crippen LogP contribution is -2.20. The smallest absolute Gasteiger partial charge is 0.185 e. The third-order valence-corrected chi connectivity index (χ3v) is 4.78. The number of aromatic nitrogens is 3. The Balaban J connectivity index is 1.66. The first-order chi connectivity index (χ1) is 13.7. The number of hydrogen-bond acceptors (Lipinski definition) is 5. The van der Waals surface area contributed by atoms with E-state index in [0.717, 1.165) is 16.7 Å². The first kappa shape index (κ1) is 16.8. The Hall–Kier alpha value is -3.32. The van der Waals surface area contributed by atoms with Crippen molar-refractivity contribution in [3.05, 3.63) is 59.6 Å². The van der Waals surface area contributed by atoms with E-state index in [4.69, 9.17) is 16.3 Å². The summed E-state index contributed by atoms with van der Waals surface area (Å²) in [6, 6.07) is 9.99. The first-order valence-corrected chi connectivity index (χ1v) is 9.13. The summed E-state index contributed by atoms with van der Waals surface area (Å²) in [7, 11) is 0. The predicted molar refractivity (Wildman–Crippen MR) is 108 cm³/mol. The Labute approximate surface area is 164 Å². The SMILES string of the molecule is Fc1ccc(Cl)cc1-c1cc(Nc2ccnc3[nH]ccc23)c2c(n1)NCCO2. The molecular formula is C20H15ClFN5O. The number of benzene rings is 1. The van der Waals surface area contributed by atoms with Crippen LogP contribution in [0.25, 0.3) is 22.3 Å². The van der Waals surface area contributed by atoms with Gasteiger partial charge in [0, 0.05) is 28.4 Å². The number of anilines is 3. The molecule has 0 radical (unpaired) electrons. The Kier molecular flexibility index (Phi) is 4.02. The molecule has 0 spiro atoms. The second kappa shape index (κ2) is 6.69. The van der Waals surface area contributed by atoms with Gasteiger partial charge in [-0.1, -0.05) is 11.6 Å². The number of aromatic amines is 1. The third kappa shape index (κ3) is 2.90. The maximum Gasteiger partial charge on any atom is 0.185 e. The molecule has 3 aromatic heterocycles. The second-order valence-corrected chi connectivity index (χ2v) is 6.79. The van der Waals surface area contributed by atoms with Gasteiger partial charge < -0.3 is 20.4 Å². The molecule has 0 aliphatic carbocycles. The van der Waals surface area contributed by atoms with E-state index in [1.54, 1.807) is 18.3 Å². The molecule has 1 aliphatic heterocycles. The van der Waals surface area contributed by atoms with Crippen LogP contribution in [0.15, 0.2) is 48.8 Å². The van der Waals surface area contributed by atoms with Gasteiger partial charge in [-0.2, -0.15) is 0 Å². The van der Waals surface area contributed by atoms with Gasteiger partial charge in [0.1, 0.15) is 18.1 Å². The molecule has 0 atom stereocenters. The summed E-state index contributed by atoms with van der Waals surface area (Å²) in [5, 5.41) is 7.98. The number of nitrogens with zero attached hydrogens (tertiary/aromatic N) is 2. The largest absolute Gasteiger partial charge is 0.486 e. The summed E-state index contributed by atoms with van der Waals surface area (Å²) in [6.07, 6.45) is 3.54. The second-order valence-electron chi connectivity index (χ2n) is 6.36. The van der Waals surface area contributed by atoms with Crippen molar-refractivity contribution in [2.24, 2.45) is 0 Å². The Morgan fingerprint density at radius 2 is 2.07 bits per heavy atom. The Morgan fingerprint density at radius 3 is 3.00 bits per heavy atom. The van der Waals surface area contributed by atoms with Crippen molar-refractivity contribution < 1.29 is 9.13 Å². The number of rotatable bonds is 3. The minimum atomic E-state index is -0.392. The van der Waals surface area contributed by atoms with E-state index in [9.17, 15) is 4.39 Å². The van der Waals surface area contributed by atoms with Crippen molar-refractivity contribution in [3.8, 4) is 17.0 Å². The number of pyridine rings is 2. The summed E-state index contributed by atoms with van der Waals surface area (Å²) in [5.41, 5.74) is 3.09. The van der Waals surface area contributed by atoms with Crippen LogP contribution in [0.1, 0.15) is 0 Å². The lowest BCUT2D eigenvalue weighted by molar-refractivity contribution is 0.323. The number of ether oxygens (including phenoxy) is 1. The van der Waals surface area contributed by atoms with Crippen LogP contribution in [0.4, 0.5) is 21.6 Å². The van der Waals surface area contributed by atoms with Crippen molar-refractivity contribution >= 4 is 39.8 Å². The summed E-state index contributed by atoms with van der Waals surface area (Å²) in [5.74, 6) is 0.763. The average molecular weight is 396 g/mol. The lowest BCUT2D eigenvalue weighted by Gasteiger charge is -2.23. The van der Waals surface area contributed by atoms with E-state index < -0.39 is 5.82 Å². The Bertz CT molecular complexity index is 1190. The van der Waals surface area contributed by atoms with Gasteiger partial charge in [-0.3, -0.25) is 0 Å². The standard InChI is InChI=1S/C20H15ClFN5O/c21-11-1-2-14(22)13(9-11)16-10-17(18-20(27-16)25-7-8-28-18)26-15-4-6-24-19-12(15)3-5-23-19/h1-6,9-10H,7-8H2,(H3,23,24,25,26,27). The van der Waals surface area contributed by atoms with Crippen LogP contribution in [-0.2, 0) is 0 Å². The molecule has 0 saturated heterocycles. The minimum Gasteiger partial charge on any atom is -0.486 e. The van der Waals surface area contributed by atoms with Crippen molar-refractivity contribution in [2.75, 3.05) is 23.8 Å². The van der Waals surface area contributed by atoms with Crippen LogP contribution in [-0.4, -0.2) is 28.1 Å². The maximum absolute atomic E-state index is 14.4. The fourth-order valence-corrected chi connectivity index (χ4v) is 3.43. The molecule has 6 nitrogen and oxygen atoms in total. The lowest BCUT2D eigenvalue weighted by atomic mass is 10.1. The van der Waals surface area contributed by atoms with E-state index >= 15 is 0 Å². The zero-order valence-corrected chi connectivity index (χ0v) is 15.3. The molecule has 0 saturated carbocycles. The summed E-state index contributed by atoms with van der Waals surface area (Å²) < 4.78 is 20.3. The topological polar surface area (TPSA) is 74.9 Å². The fraction of sp³-hybridized carbons (Fsp3) is 0.100. The quantitative estimate of drug-likeness (QED) is 0.457. The normalized spacial score (nSPS) is 12.9. The number of halogens is 2. The number of hydrogen-bond donors (Lipinski definition) is 3. The molecule has 0 amide bonds. The van der Waals surface area contributed by atoms with Crippen LogP contribution < -0.4 is 15.4 Å². The van der Waals surface area contributed by atoms with Gasteiger partial charge in [0.25, 0.3) is 0 Å². The maximum atomic E-state index is 14.4. The highest BCUT2D eigenvalue weighted by molar-refractivity contribution is 6.30. The molecule has 0 unspecified atom stereocenters. The molecule has 3 N–H and O–H groups in total. The van der Waals surface area contributed by atoms with E-state index in [0.29, 0.717) is 46.7 Å². The zero-order valence-electron chi connectivity index (χ0n) is 14.6. The molecule has 0 fully saturated rings. The third-order valence-electron chi connectivity index (χ3n) is 4.55. The van der Waals surface area contributed by atoms with Crippen molar-refractivity contribution in [2.45, 2.75) is 0 Å². The van der Waals surface area contributed by atoms with Gasteiger partial charge in [0.2, 0.25) is 0 Å².